The van der Waals surface area contributed by atoms with Gasteiger partial charge in [-0.15, -0.1) is 0 Å². The predicted octanol–water partition coefficient (Wildman–Crippen LogP) is 9.83. The molecule has 5 aliphatic heterocycles. The lowest BCUT2D eigenvalue weighted by Gasteiger charge is -2.34. The first-order chi connectivity index (χ1) is 43.2. The number of likely N-dealkylation sites (tertiary alicyclic amines) is 1. The molecule has 0 radical (unpaired) electrons. The van der Waals surface area contributed by atoms with E-state index in [9.17, 15) is 36.9 Å². The maximum absolute atomic E-state index is 14.5. The van der Waals surface area contributed by atoms with Gasteiger partial charge in [-0.3, -0.25) is 33.4 Å². The fraction of sp³-hybridized carbons (Fsp3) is 0.478. The third kappa shape index (κ3) is 15.4. The van der Waals surface area contributed by atoms with Crippen LogP contribution in [-0.2, 0) is 71.2 Å². The molecule has 0 aliphatic carbocycles. The lowest BCUT2D eigenvalue weighted by atomic mass is 9.98. The molecule has 0 spiro atoms. The molecule has 5 aromatic carbocycles. The van der Waals surface area contributed by atoms with Crippen LogP contribution in [0.3, 0.4) is 0 Å². The number of hydrogen-bond acceptors (Lipinski definition) is 18. The first kappa shape index (κ1) is 66.6. The summed E-state index contributed by atoms with van der Waals surface area (Å²) in [5.74, 6) is 0.365. The molecule has 90 heavy (non-hydrogen) atoms. The Hall–Kier alpha value is -6.31. The Labute approximate surface area is 540 Å². The molecule has 10 rings (SSSR count). The van der Waals surface area contributed by atoms with E-state index in [2.05, 4.69) is 54.0 Å². The van der Waals surface area contributed by atoms with E-state index in [4.69, 9.17) is 28.4 Å². The quantitative estimate of drug-likeness (QED) is 0.0189. The zero-order valence-corrected chi connectivity index (χ0v) is 55.5. The van der Waals surface area contributed by atoms with Crippen LogP contribution in [0, 0.1) is 6.92 Å². The van der Waals surface area contributed by atoms with Crippen LogP contribution in [0.2, 0.25) is 0 Å². The smallest absolute Gasteiger partial charge is 0.275 e. The van der Waals surface area contributed by atoms with Gasteiger partial charge in [0.1, 0.15) is 24.2 Å². The molecule has 23 heteroatoms. The summed E-state index contributed by atoms with van der Waals surface area (Å²) < 4.78 is 71.6. The molecule has 5 aromatic rings. The Morgan fingerprint density at radius 1 is 0.756 bits per heavy atom. The number of imide groups is 1. The number of Topliss-reactive ketones (excluding diaryl/α,β-unsaturated/α-hetero) is 1. The van der Waals surface area contributed by atoms with E-state index in [0.29, 0.717) is 81.0 Å². The summed E-state index contributed by atoms with van der Waals surface area (Å²) in [6.07, 6.45) is 4.68. The van der Waals surface area contributed by atoms with Gasteiger partial charge in [0.25, 0.3) is 21.9 Å². The highest BCUT2D eigenvalue weighted by atomic mass is 33.1. The lowest BCUT2D eigenvalue weighted by Crippen LogP contribution is -2.41. The molecule has 1 fully saturated rings. The van der Waals surface area contributed by atoms with Gasteiger partial charge in [0.05, 0.1) is 62.7 Å². The topological polar surface area (TPSA) is 211 Å². The van der Waals surface area contributed by atoms with Crippen LogP contribution in [0.15, 0.2) is 91.0 Å². The van der Waals surface area contributed by atoms with Crippen molar-refractivity contribution in [3.63, 3.8) is 0 Å². The summed E-state index contributed by atoms with van der Waals surface area (Å²) >= 11 is 1.29. The zero-order valence-electron chi connectivity index (χ0n) is 52.2. The Kier molecular flexibility index (Phi) is 21.9. The highest BCUT2D eigenvalue weighted by Crippen LogP contribution is 2.44. The van der Waals surface area contributed by atoms with E-state index in [0.717, 1.165) is 81.1 Å². The van der Waals surface area contributed by atoms with Crippen LogP contribution in [0.5, 0.6) is 17.2 Å². The van der Waals surface area contributed by atoms with E-state index < -0.39 is 31.1 Å². The van der Waals surface area contributed by atoms with Gasteiger partial charge < -0.3 is 48.0 Å². The van der Waals surface area contributed by atoms with Crippen molar-refractivity contribution in [2.75, 3.05) is 112 Å². The van der Waals surface area contributed by atoms with Crippen LogP contribution < -0.4 is 33.8 Å². The van der Waals surface area contributed by atoms with Crippen molar-refractivity contribution in [1.82, 2.24) is 4.90 Å². The van der Waals surface area contributed by atoms with Crippen LogP contribution in [-0.4, -0.2) is 167 Å². The standard InChI is InChI=1S/C67H81N5O14S4/c1-43-29-52-46(18-19-49-33-47-13-8-10-15-54(47)71(49)64(52)75)35-58(43)85-40-44-30-45(41-86-60-37-56-53(36-59(60)82-6)65(76)72-51(39-68(56)4)34-48-14-9-11-16-55(48)72)32-50(31-44)69(22-23-83-26-27-84-25-24-81-5)42-67(2,3)89-88-28-20-62(90(78,79)80)57(73)17-12-21-70-63(74)38-61(87-7)66(70)77/h8-11,13-16,29-32,35-37,49,51,61-62H,12,17-28,33-34,38-42H2,1-7H3,(H,78,79,80)/t49-,51+,61?,62?/m1/s1. The zero-order chi connectivity index (χ0) is 63.9. The van der Waals surface area contributed by atoms with Gasteiger partial charge in [-0.2, -0.15) is 20.2 Å². The average Bonchev–Trinajstić information content (AvgIpc) is 1.61. The minimum Gasteiger partial charge on any atom is -0.493 e. The molecule has 482 valence electrons. The van der Waals surface area contributed by atoms with Gasteiger partial charge in [0.15, 0.2) is 17.3 Å². The number of thioether (sulfide) groups is 1. The molecular formula is C67H81N5O14S4. The van der Waals surface area contributed by atoms with Crippen molar-refractivity contribution >= 4 is 95.6 Å². The molecule has 5 heterocycles. The molecule has 0 bridgehead atoms. The van der Waals surface area contributed by atoms with E-state index in [1.54, 1.807) is 26.5 Å². The number of nitrogens with zero attached hydrogens (tertiary/aromatic N) is 5. The van der Waals surface area contributed by atoms with Gasteiger partial charge in [0, 0.05) is 98.4 Å². The summed E-state index contributed by atoms with van der Waals surface area (Å²) in [4.78, 5) is 76.7. The summed E-state index contributed by atoms with van der Waals surface area (Å²) in [5.41, 5.74) is 10.5. The summed E-state index contributed by atoms with van der Waals surface area (Å²) in [6, 6.07) is 30.1. The monoisotopic (exact) mass is 1310 g/mol. The highest BCUT2D eigenvalue weighted by molar-refractivity contribution is 8.77. The second kappa shape index (κ2) is 29.5. The number of ketones is 1. The Morgan fingerprint density at radius 2 is 1.40 bits per heavy atom. The van der Waals surface area contributed by atoms with E-state index in [1.165, 1.54) is 38.9 Å². The maximum Gasteiger partial charge on any atom is 0.275 e. The number of hydrogen-bond donors (Lipinski definition) is 1. The number of ether oxygens (including phenoxy) is 6. The number of rotatable bonds is 31. The van der Waals surface area contributed by atoms with Crippen molar-refractivity contribution in [1.29, 1.82) is 0 Å². The molecule has 1 saturated heterocycles. The Morgan fingerprint density at radius 3 is 2.07 bits per heavy atom. The number of carbonyl (C=O) groups is 5. The lowest BCUT2D eigenvalue weighted by molar-refractivity contribution is -0.138. The Balaban J connectivity index is 0.898. The molecule has 0 aromatic heterocycles. The molecular weight excluding hydrogens is 1230 g/mol. The maximum atomic E-state index is 14.5. The van der Waals surface area contributed by atoms with E-state index in [-0.39, 0.29) is 86.9 Å². The molecule has 4 atom stereocenters. The van der Waals surface area contributed by atoms with Gasteiger partial charge >= 0.3 is 0 Å². The Bertz CT molecular complexity index is 3590. The first-order valence-corrected chi connectivity index (χ1v) is 35.7. The third-order valence-corrected chi connectivity index (χ3v) is 22.7. The third-order valence-electron chi connectivity index (χ3n) is 17.2. The number of methoxy groups -OCH3 is 2. The fourth-order valence-corrected chi connectivity index (χ4v) is 17.0. The van der Waals surface area contributed by atoms with Crippen molar-refractivity contribution in [2.24, 2.45) is 0 Å². The van der Waals surface area contributed by atoms with Crippen LogP contribution in [0.25, 0.3) is 0 Å². The molecule has 19 nitrogen and oxygen atoms in total. The van der Waals surface area contributed by atoms with Crippen LogP contribution in [0.1, 0.15) is 100 Å². The first-order valence-electron chi connectivity index (χ1n) is 30.6. The van der Waals surface area contributed by atoms with Gasteiger partial charge in [-0.1, -0.05) is 58.0 Å². The summed E-state index contributed by atoms with van der Waals surface area (Å²) in [5, 5.41) is -2.13. The second-order valence-corrected chi connectivity index (χ2v) is 29.9. The number of benzene rings is 5. The summed E-state index contributed by atoms with van der Waals surface area (Å²) in [6.45, 7) is 9.91. The number of para-hydroxylation sites is 2. The van der Waals surface area contributed by atoms with Crippen LogP contribution in [0.4, 0.5) is 22.7 Å². The molecule has 1 N–H and O–H groups in total. The second-order valence-electron chi connectivity index (χ2n) is 24.1. The molecule has 0 saturated carbocycles. The van der Waals surface area contributed by atoms with Gasteiger partial charge in [-0.25, -0.2) is 0 Å². The van der Waals surface area contributed by atoms with Crippen molar-refractivity contribution in [3.05, 3.63) is 136 Å². The SMILES string of the molecule is COCCOCCOCCN(CC(C)(C)SSCCC(C(=O)CCCN1C(=O)CC(SC)C1=O)S(=O)(=O)O)c1cc(COc2cc3c(cc2C)C(=O)N2c4ccccc4C[C@H]2CC3)cc(COc2cc3c(cc2OC)C(=O)N2c4ccccc4C[C@H]2CN3C)c1. The number of anilines is 4. The number of likely N-dealkylation sites (N-methyl/N-ethyl adjacent to an activating group) is 1. The number of fused-ring (bicyclic) bond motifs is 8. The average molecular weight is 1310 g/mol. The van der Waals surface area contributed by atoms with E-state index >= 15 is 0 Å². The summed E-state index contributed by atoms with van der Waals surface area (Å²) in [7, 11) is 3.34. The minimum absolute atomic E-state index is 0.000917. The van der Waals surface area contributed by atoms with Crippen molar-refractivity contribution in [2.45, 2.75) is 113 Å². The van der Waals surface area contributed by atoms with Gasteiger partial charge in [0.2, 0.25) is 11.8 Å². The van der Waals surface area contributed by atoms with Crippen molar-refractivity contribution in [3.8, 4) is 17.2 Å². The van der Waals surface area contributed by atoms with E-state index in [1.807, 2.05) is 78.4 Å². The number of amides is 4. The normalized spacial score (nSPS) is 18.2. The minimum atomic E-state index is -4.76. The highest BCUT2D eigenvalue weighted by Gasteiger charge is 2.42. The largest absolute Gasteiger partial charge is 0.493 e. The molecule has 4 amide bonds. The fourth-order valence-electron chi connectivity index (χ4n) is 12.8. The van der Waals surface area contributed by atoms with Crippen molar-refractivity contribution < 1.29 is 65.4 Å². The number of aryl methyl sites for hydroxylation is 2. The molecule has 5 aliphatic rings. The molecule has 2 unspecified atom stereocenters. The van der Waals surface area contributed by atoms with Crippen LogP contribution >= 0.6 is 33.3 Å². The number of carbonyl (C=O) groups excluding carboxylic acids is 5. The van der Waals surface area contributed by atoms with Gasteiger partial charge in [-0.05, 0) is 147 Å². The predicted molar refractivity (Wildman–Crippen MR) is 355 cm³/mol.